The van der Waals surface area contributed by atoms with Crippen LogP contribution in [-0.4, -0.2) is 49.8 Å². The van der Waals surface area contributed by atoms with Gasteiger partial charge in [0.05, 0.1) is 12.2 Å². The summed E-state index contributed by atoms with van der Waals surface area (Å²) in [7, 11) is 0. The topological polar surface area (TPSA) is 24.5 Å². The Morgan fingerprint density at radius 3 is 2.83 bits per heavy atom. The molecule has 3 nitrogen and oxygen atoms in total. The number of rotatable bonds is 6. The molecule has 2 aliphatic rings. The minimum Gasteiger partial charge on any atom is -0.372 e. The molecule has 18 heavy (non-hydrogen) atoms. The van der Waals surface area contributed by atoms with E-state index < -0.39 is 0 Å². The molecule has 0 saturated carbocycles. The van der Waals surface area contributed by atoms with E-state index >= 15 is 0 Å². The van der Waals surface area contributed by atoms with Gasteiger partial charge in [0.25, 0.3) is 0 Å². The number of thiophene rings is 1. The first kappa shape index (κ1) is 12.6. The van der Waals surface area contributed by atoms with Gasteiger partial charge in [0, 0.05) is 26.2 Å². The van der Waals surface area contributed by atoms with Gasteiger partial charge >= 0.3 is 0 Å². The molecule has 1 aromatic rings. The van der Waals surface area contributed by atoms with Crippen LogP contribution < -0.4 is 5.32 Å². The summed E-state index contributed by atoms with van der Waals surface area (Å²) in [4.78, 5) is 2.56. The van der Waals surface area contributed by atoms with Crippen LogP contribution >= 0.6 is 11.3 Å². The third-order valence-corrected chi connectivity index (χ3v) is 4.63. The van der Waals surface area contributed by atoms with E-state index in [0.717, 1.165) is 32.6 Å². The molecule has 0 amide bonds. The van der Waals surface area contributed by atoms with Crippen LogP contribution in [0.2, 0.25) is 0 Å². The Hall–Kier alpha value is -0.420. The molecule has 2 atom stereocenters. The van der Waals surface area contributed by atoms with Crippen molar-refractivity contribution in [2.75, 3.05) is 32.7 Å². The highest BCUT2D eigenvalue weighted by Gasteiger charge is 2.33. The van der Waals surface area contributed by atoms with Crippen LogP contribution in [0.3, 0.4) is 0 Å². The Morgan fingerprint density at radius 1 is 1.28 bits per heavy atom. The first-order valence-corrected chi connectivity index (χ1v) is 7.94. The first-order chi connectivity index (χ1) is 8.90. The summed E-state index contributed by atoms with van der Waals surface area (Å²) in [6.07, 6.45) is 4.74. The maximum Gasteiger partial charge on any atom is 0.0707 e. The highest BCUT2D eigenvalue weighted by atomic mass is 32.1. The van der Waals surface area contributed by atoms with Crippen LogP contribution in [-0.2, 0) is 11.2 Å². The van der Waals surface area contributed by atoms with Gasteiger partial charge in [0.15, 0.2) is 0 Å². The maximum atomic E-state index is 5.84. The molecule has 2 saturated heterocycles. The molecule has 100 valence electrons. The molecule has 1 aromatic heterocycles. The summed E-state index contributed by atoms with van der Waals surface area (Å²) in [6.45, 7) is 5.64. The highest BCUT2D eigenvalue weighted by Crippen LogP contribution is 2.25. The van der Waals surface area contributed by atoms with E-state index in [2.05, 4.69) is 27.0 Å². The van der Waals surface area contributed by atoms with Crippen molar-refractivity contribution in [2.24, 2.45) is 0 Å². The number of hydrogen-bond acceptors (Lipinski definition) is 4. The Labute approximate surface area is 113 Å². The third kappa shape index (κ3) is 3.32. The third-order valence-electron chi connectivity index (χ3n) is 3.89. The number of nitrogens with one attached hydrogen (secondary N) is 1. The summed E-state index contributed by atoms with van der Waals surface area (Å²) in [6, 6.07) is 2.21. The highest BCUT2D eigenvalue weighted by molar-refractivity contribution is 7.07. The van der Waals surface area contributed by atoms with Gasteiger partial charge in [-0.3, -0.25) is 4.90 Å². The van der Waals surface area contributed by atoms with Crippen molar-refractivity contribution in [1.29, 1.82) is 0 Å². The van der Waals surface area contributed by atoms with Crippen molar-refractivity contribution in [3.05, 3.63) is 22.4 Å². The largest absolute Gasteiger partial charge is 0.372 e. The smallest absolute Gasteiger partial charge is 0.0707 e. The fourth-order valence-corrected chi connectivity index (χ4v) is 3.61. The van der Waals surface area contributed by atoms with Gasteiger partial charge in [-0.15, -0.1) is 0 Å². The molecular weight excluding hydrogens is 244 g/mol. The van der Waals surface area contributed by atoms with E-state index in [4.69, 9.17) is 4.74 Å². The summed E-state index contributed by atoms with van der Waals surface area (Å²) in [5.41, 5.74) is 1.46. The van der Waals surface area contributed by atoms with Crippen LogP contribution in [0.1, 0.15) is 18.4 Å². The maximum absolute atomic E-state index is 5.84. The van der Waals surface area contributed by atoms with E-state index in [0.29, 0.717) is 12.2 Å². The Balaban J connectivity index is 1.28. The number of morpholine rings is 1. The lowest BCUT2D eigenvalue weighted by Gasteiger charge is -2.32. The van der Waals surface area contributed by atoms with Crippen molar-refractivity contribution in [1.82, 2.24) is 10.2 Å². The fourth-order valence-electron chi connectivity index (χ4n) is 2.91. The molecule has 1 N–H and O–H groups in total. The first-order valence-electron chi connectivity index (χ1n) is 7.00. The van der Waals surface area contributed by atoms with Gasteiger partial charge in [-0.1, -0.05) is 0 Å². The Bertz CT molecular complexity index is 343. The Morgan fingerprint density at radius 2 is 2.11 bits per heavy atom. The lowest BCUT2D eigenvalue weighted by molar-refractivity contribution is -0.0376. The zero-order chi connectivity index (χ0) is 12.2. The second-order valence-corrected chi connectivity index (χ2v) is 6.13. The average molecular weight is 266 g/mol. The van der Waals surface area contributed by atoms with Crippen LogP contribution in [0, 0.1) is 0 Å². The second-order valence-electron chi connectivity index (χ2n) is 5.35. The van der Waals surface area contributed by atoms with Gasteiger partial charge in [-0.05, 0) is 48.2 Å². The fraction of sp³-hybridized carbons (Fsp3) is 0.714. The van der Waals surface area contributed by atoms with E-state index in [9.17, 15) is 0 Å². The Kier molecular flexibility index (Phi) is 4.31. The lowest BCUT2D eigenvalue weighted by Crippen LogP contribution is -2.45. The SMILES string of the molecule is c1cc(CCNCCN2CC3CCC(C2)O3)cs1. The van der Waals surface area contributed by atoms with Gasteiger partial charge in [-0.2, -0.15) is 11.3 Å². The predicted octanol–water partition coefficient (Wildman–Crippen LogP) is 1.74. The minimum absolute atomic E-state index is 0.523. The van der Waals surface area contributed by atoms with Gasteiger partial charge in [0.2, 0.25) is 0 Å². The van der Waals surface area contributed by atoms with E-state index in [-0.39, 0.29) is 0 Å². The number of hydrogen-bond donors (Lipinski definition) is 1. The van der Waals surface area contributed by atoms with E-state index in [1.807, 2.05) is 0 Å². The van der Waals surface area contributed by atoms with Crippen LogP contribution in [0.15, 0.2) is 16.8 Å². The predicted molar refractivity (Wildman–Crippen MR) is 75.2 cm³/mol. The second kappa shape index (κ2) is 6.15. The number of nitrogens with zero attached hydrogens (tertiary/aromatic N) is 1. The standard InChI is InChI=1S/C14H22N2OS/c1-2-14-10-16(9-13(1)17-14)7-6-15-5-3-12-4-8-18-11-12/h4,8,11,13-15H,1-3,5-7,9-10H2. The monoisotopic (exact) mass is 266 g/mol. The molecule has 2 aliphatic heterocycles. The zero-order valence-electron chi connectivity index (χ0n) is 10.8. The molecule has 2 unspecified atom stereocenters. The van der Waals surface area contributed by atoms with Gasteiger partial charge < -0.3 is 10.1 Å². The molecule has 2 bridgehead atoms. The number of likely N-dealkylation sites (tertiary alicyclic amines) is 1. The van der Waals surface area contributed by atoms with E-state index in [1.165, 1.54) is 24.9 Å². The lowest BCUT2D eigenvalue weighted by atomic mass is 10.2. The molecule has 0 radical (unpaired) electrons. The van der Waals surface area contributed by atoms with Crippen molar-refractivity contribution < 1.29 is 4.74 Å². The molecule has 0 spiro atoms. The summed E-state index contributed by atoms with van der Waals surface area (Å²) >= 11 is 1.78. The van der Waals surface area contributed by atoms with E-state index in [1.54, 1.807) is 11.3 Å². The molecular formula is C14H22N2OS. The number of ether oxygens (including phenoxy) is 1. The van der Waals surface area contributed by atoms with Crippen molar-refractivity contribution >= 4 is 11.3 Å². The molecule has 3 rings (SSSR count). The molecule has 4 heteroatoms. The molecule has 2 fully saturated rings. The molecule has 0 aliphatic carbocycles. The quantitative estimate of drug-likeness (QED) is 0.794. The number of fused-ring (bicyclic) bond motifs is 2. The van der Waals surface area contributed by atoms with Crippen LogP contribution in [0.25, 0.3) is 0 Å². The van der Waals surface area contributed by atoms with Crippen LogP contribution in [0.4, 0.5) is 0 Å². The average Bonchev–Trinajstić information content (AvgIpc) is 2.99. The van der Waals surface area contributed by atoms with Crippen LogP contribution in [0.5, 0.6) is 0 Å². The van der Waals surface area contributed by atoms with Crippen molar-refractivity contribution in [3.8, 4) is 0 Å². The van der Waals surface area contributed by atoms with Gasteiger partial charge in [-0.25, -0.2) is 0 Å². The normalized spacial score (nSPS) is 27.8. The molecule has 3 heterocycles. The summed E-state index contributed by atoms with van der Waals surface area (Å²) in [5.74, 6) is 0. The summed E-state index contributed by atoms with van der Waals surface area (Å²) in [5, 5.41) is 7.93. The molecule has 0 aromatic carbocycles. The minimum atomic E-state index is 0.523. The zero-order valence-corrected chi connectivity index (χ0v) is 11.6. The summed E-state index contributed by atoms with van der Waals surface area (Å²) < 4.78 is 5.84. The van der Waals surface area contributed by atoms with Gasteiger partial charge in [0.1, 0.15) is 0 Å². The van der Waals surface area contributed by atoms with Crippen molar-refractivity contribution in [3.63, 3.8) is 0 Å². The van der Waals surface area contributed by atoms with Crippen molar-refractivity contribution in [2.45, 2.75) is 31.5 Å².